The van der Waals surface area contributed by atoms with Crippen LogP contribution in [0, 0.1) is 0 Å². The lowest BCUT2D eigenvalue weighted by atomic mass is 10.3. The van der Waals surface area contributed by atoms with Gasteiger partial charge in [0.15, 0.2) is 0 Å². The molecule has 1 nitrogen and oxygen atoms in total. The van der Waals surface area contributed by atoms with E-state index in [9.17, 15) is 0 Å². The van der Waals surface area contributed by atoms with Gasteiger partial charge in [-0.05, 0) is 13.8 Å². The molecule has 0 amide bonds. The van der Waals surface area contributed by atoms with Crippen molar-refractivity contribution in [1.82, 2.24) is 0 Å². The highest BCUT2D eigenvalue weighted by Gasteiger charge is 1.76. The fraction of sp³-hybridized carbons (Fsp3) is 0.571. The monoisotopic (exact) mass is 111 g/mol. The molecule has 0 saturated carbocycles. The Hall–Kier alpha value is -0.590. The molecule has 0 radical (unpaired) electrons. The summed E-state index contributed by atoms with van der Waals surface area (Å²) in [6.45, 7) is 8.64. The third-order valence-corrected chi connectivity index (χ3v) is 0.751. The second-order valence-corrected chi connectivity index (χ2v) is 1.84. The Bertz CT molecular complexity index is 92.6. The largest absolute Gasteiger partial charge is 0.297 e. The Morgan fingerprint density at radius 2 is 2.38 bits per heavy atom. The molecule has 0 N–H and O–H groups in total. The van der Waals surface area contributed by atoms with Gasteiger partial charge in [-0.15, -0.1) is 0 Å². The Kier molecular flexibility index (Phi) is 4.23. The zero-order chi connectivity index (χ0) is 6.41. The van der Waals surface area contributed by atoms with Crippen molar-refractivity contribution in [3.05, 3.63) is 12.2 Å². The fourth-order valence-electron chi connectivity index (χ4n) is 0.349. The minimum atomic E-state index is 0.882. The summed E-state index contributed by atoms with van der Waals surface area (Å²) in [6, 6.07) is 0. The predicted octanol–water partition coefficient (Wildman–Crippen LogP) is 2.04. The van der Waals surface area contributed by atoms with E-state index in [1.807, 2.05) is 20.1 Å². The van der Waals surface area contributed by atoms with Gasteiger partial charge in [-0.25, -0.2) is 0 Å². The van der Waals surface area contributed by atoms with Crippen LogP contribution in [0.5, 0.6) is 0 Å². The predicted molar refractivity (Wildman–Crippen MR) is 38.5 cm³/mol. The van der Waals surface area contributed by atoms with Gasteiger partial charge in [0.25, 0.3) is 0 Å². The lowest BCUT2D eigenvalue weighted by Gasteiger charge is -1.86. The standard InChI is InChI=1S/C7H13N/c1-4-8-6-5-7(2)3/h6H,2,4-5H2,1,3H3. The quantitative estimate of drug-likeness (QED) is 0.390. The van der Waals surface area contributed by atoms with Gasteiger partial charge < -0.3 is 0 Å². The van der Waals surface area contributed by atoms with Crippen LogP contribution in [-0.4, -0.2) is 12.8 Å². The van der Waals surface area contributed by atoms with Crippen molar-refractivity contribution in [2.45, 2.75) is 20.3 Å². The maximum atomic E-state index is 4.03. The third kappa shape index (κ3) is 5.41. The zero-order valence-electron chi connectivity index (χ0n) is 5.65. The van der Waals surface area contributed by atoms with Gasteiger partial charge in [-0.3, -0.25) is 4.99 Å². The van der Waals surface area contributed by atoms with Crippen molar-refractivity contribution in [3.8, 4) is 0 Å². The molecule has 0 atom stereocenters. The van der Waals surface area contributed by atoms with Crippen molar-refractivity contribution >= 4 is 6.21 Å². The second-order valence-electron chi connectivity index (χ2n) is 1.84. The van der Waals surface area contributed by atoms with Gasteiger partial charge in [0.1, 0.15) is 0 Å². The molecule has 0 bridgehead atoms. The molecule has 0 aromatic rings. The van der Waals surface area contributed by atoms with Crippen LogP contribution in [0.25, 0.3) is 0 Å². The highest BCUT2D eigenvalue weighted by Crippen LogP contribution is 1.89. The van der Waals surface area contributed by atoms with Crippen LogP contribution in [-0.2, 0) is 0 Å². The topological polar surface area (TPSA) is 12.4 Å². The van der Waals surface area contributed by atoms with Crippen molar-refractivity contribution in [1.29, 1.82) is 0 Å². The van der Waals surface area contributed by atoms with Crippen LogP contribution < -0.4 is 0 Å². The molecule has 0 fully saturated rings. The normalized spacial score (nSPS) is 10.2. The van der Waals surface area contributed by atoms with E-state index in [1.54, 1.807) is 0 Å². The molecular formula is C7H13N. The molecule has 46 valence electrons. The van der Waals surface area contributed by atoms with E-state index >= 15 is 0 Å². The molecular weight excluding hydrogens is 98.1 g/mol. The average Bonchev–Trinajstić information content (AvgIpc) is 1.66. The van der Waals surface area contributed by atoms with E-state index in [0.717, 1.165) is 13.0 Å². The van der Waals surface area contributed by atoms with E-state index in [4.69, 9.17) is 0 Å². The Morgan fingerprint density at radius 3 is 2.75 bits per heavy atom. The van der Waals surface area contributed by atoms with Gasteiger partial charge in [0, 0.05) is 19.2 Å². The molecule has 0 spiro atoms. The summed E-state index contributed by atoms with van der Waals surface area (Å²) in [7, 11) is 0. The first-order valence-electron chi connectivity index (χ1n) is 2.90. The number of nitrogens with zero attached hydrogens (tertiary/aromatic N) is 1. The first-order chi connectivity index (χ1) is 3.77. The van der Waals surface area contributed by atoms with Crippen LogP contribution in [0.2, 0.25) is 0 Å². The highest BCUT2D eigenvalue weighted by molar-refractivity contribution is 5.60. The van der Waals surface area contributed by atoms with Crippen LogP contribution in [0.1, 0.15) is 20.3 Å². The van der Waals surface area contributed by atoms with Gasteiger partial charge in [0.2, 0.25) is 0 Å². The number of hydrogen-bond acceptors (Lipinski definition) is 1. The van der Waals surface area contributed by atoms with Gasteiger partial charge in [-0.1, -0.05) is 12.2 Å². The summed E-state index contributed by atoms with van der Waals surface area (Å²) in [4.78, 5) is 4.03. The smallest absolute Gasteiger partial charge is 0.0357 e. The van der Waals surface area contributed by atoms with Crippen molar-refractivity contribution in [2.75, 3.05) is 6.54 Å². The van der Waals surface area contributed by atoms with E-state index in [2.05, 4.69) is 11.6 Å². The Morgan fingerprint density at radius 1 is 1.75 bits per heavy atom. The lowest BCUT2D eigenvalue weighted by Crippen LogP contribution is -1.76. The van der Waals surface area contributed by atoms with Crippen LogP contribution >= 0.6 is 0 Å². The van der Waals surface area contributed by atoms with Crippen LogP contribution in [0.3, 0.4) is 0 Å². The Balaban J connectivity index is 3.16. The molecule has 0 heterocycles. The maximum Gasteiger partial charge on any atom is 0.0357 e. The summed E-state index contributed by atoms with van der Waals surface area (Å²) >= 11 is 0. The maximum absolute atomic E-state index is 4.03. The van der Waals surface area contributed by atoms with E-state index in [1.165, 1.54) is 5.57 Å². The SMILES string of the molecule is C=C(C)CC=NCC. The highest BCUT2D eigenvalue weighted by atomic mass is 14.7. The van der Waals surface area contributed by atoms with E-state index in [0.29, 0.717) is 0 Å². The molecule has 0 unspecified atom stereocenters. The Labute approximate surface area is 51.1 Å². The van der Waals surface area contributed by atoms with E-state index < -0.39 is 0 Å². The van der Waals surface area contributed by atoms with Crippen LogP contribution in [0.4, 0.5) is 0 Å². The van der Waals surface area contributed by atoms with Crippen molar-refractivity contribution in [2.24, 2.45) is 4.99 Å². The number of aliphatic imine (C=N–C) groups is 1. The molecule has 0 aliphatic heterocycles. The number of allylic oxidation sites excluding steroid dienone is 1. The number of rotatable bonds is 3. The summed E-state index contributed by atoms with van der Waals surface area (Å²) < 4.78 is 0. The molecule has 0 saturated heterocycles. The van der Waals surface area contributed by atoms with Gasteiger partial charge in [-0.2, -0.15) is 0 Å². The summed E-state index contributed by atoms with van der Waals surface area (Å²) in [5.74, 6) is 0. The molecule has 0 aliphatic rings. The van der Waals surface area contributed by atoms with Gasteiger partial charge >= 0.3 is 0 Å². The number of hydrogen-bond donors (Lipinski definition) is 0. The first-order valence-corrected chi connectivity index (χ1v) is 2.90. The minimum absolute atomic E-state index is 0.882. The van der Waals surface area contributed by atoms with E-state index in [-0.39, 0.29) is 0 Å². The van der Waals surface area contributed by atoms with Crippen molar-refractivity contribution in [3.63, 3.8) is 0 Å². The molecule has 0 aromatic heterocycles. The van der Waals surface area contributed by atoms with Gasteiger partial charge in [0.05, 0.1) is 0 Å². The van der Waals surface area contributed by atoms with Crippen molar-refractivity contribution < 1.29 is 0 Å². The fourth-order valence-corrected chi connectivity index (χ4v) is 0.349. The summed E-state index contributed by atoms with van der Waals surface area (Å²) in [6.07, 6.45) is 2.83. The summed E-state index contributed by atoms with van der Waals surface area (Å²) in [5.41, 5.74) is 1.17. The first kappa shape index (κ1) is 7.41. The zero-order valence-corrected chi connectivity index (χ0v) is 5.65. The molecule has 0 aromatic carbocycles. The molecule has 0 aliphatic carbocycles. The van der Waals surface area contributed by atoms with Crippen LogP contribution in [0.15, 0.2) is 17.1 Å². The third-order valence-electron chi connectivity index (χ3n) is 0.751. The molecule has 1 heteroatoms. The lowest BCUT2D eigenvalue weighted by molar-refractivity contribution is 1.12. The molecule has 8 heavy (non-hydrogen) atoms. The average molecular weight is 111 g/mol. The summed E-state index contributed by atoms with van der Waals surface area (Å²) in [5, 5.41) is 0. The minimum Gasteiger partial charge on any atom is -0.297 e. The second kappa shape index (κ2) is 4.57. The molecule has 0 rings (SSSR count).